The second-order valence-corrected chi connectivity index (χ2v) is 22.7. The smallest absolute Gasteiger partial charge is 0.306 e. The summed E-state index contributed by atoms with van der Waals surface area (Å²) in [6, 6.07) is 0. The number of carbonyl (C=O) groups excluding carboxylic acids is 3. The maximum absolute atomic E-state index is 12.9. The summed E-state index contributed by atoms with van der Waals surface area (Å²) in [7, 11) is 0. The molecule has 0 saturated heterocycles. The molecule has 6 heteroatoms. The van der Waals surface area contributed by atoms with Crippen molar-refractivity contribution in [2.45, 2.75) is 348 Å². The van der Waals surface area contributed by atoms with E-state index in [1.807, 2.05) is 0 Å². The third-order valence-corrected chi connectivity index (χ3v) is 14.9. The molecule has 0 fully saturated rings. The highest BCUT2D eigenvalue weighted by atomic mass is 16.6. The number of rotatable bonds is 62. The zero-order valence-electron chi connectivity index (χ0n) is 52.4. The number of allylic oxidation sites excluding steroid dienone is 14. The average Bonchev–Trinajstić information content (AvgIpc) is 3.45. The lowest BCUT2D eigenvalue weighted by molar-refractivity contribution is -0.167. The topological polar surface area (TPSA) is 78.9 Å². The molecule has 0 spiro atoms. The van der Waals surface area contributed by atoms with Gasteiger partial charge in [-0.25, -0.2) is 0 Å². The van der Waals surface area contributed by atoms with Crippen LogP contribution in [0.15, 0.2) is 85.1 Å². The standard InChI is InChI=1S/C73H128O6/c1-4-7-10-13-16-19-22-25-28-31-34-35-36-37-40-42-45-48-51-54-57-60-63-66-72(75)78-69-70(79-73(76)67-64-61-58-55-52-49-46-43-39-33-30-27-24-21-18-15-12-9-6-3)68-77-71(74)65-62-59-56-53-50-47-44-41-38-32-29-26-23-20-17-14-11-8-5-2/h9,12,17-18,20-21,26-27,29-30,39,43,49,52,70H,4-8,10-11,13-16,19,22-25,28,31-38,40-42,44-48,50-51,53-69H2,1-3H3/b12-9-,20-17-,21-18-,29-26-,30-27-,43-39-,52-49-. The molecule has 0 aromatic carbocycles. The van der Waals surface area contributed by atoms with E-state index in [0.717, 1.165) is 103 Å². The van der Waals surface area contributed by atoms with E-state index in [2.05, 4.69) is 106 Å². The molecule has 0 aliphatic heterocycles. The van der Waals surface area contributed by atoms with Crippen LogP contribution in [0, 0.1) is 0 Å². The van der Waals surface area contributed by atoms with Crippen LogP contribution in [0.3, 0.4) is 0 Å². The highest BCUT2D eigenvalue weighted by Gasteiger charge is 2.19. The van der Waals surface area contributed by atoms with Crippen LogP contribution in [-0.2, 0) is 28.6 Å². The summed E-state index contributed by atoms with van der Waals surface area (Å²) in [5.41, 5.74) is 0. The van der Waals surface area contributed by atoms with E-state index in [1.165, 1.54) is 199 Å². The van der Waals surface area contributed by atoms with Crippen molar-refractivity contribution in [3.05, 3.63) is 85.1 Å². The van der Waals surface area contributed by atoms with Crippen LogP contribution in [0.5, 0.6) is 0 Å². The molecule has 6 nitrogen and oxygen atoms in total. The van der Waals surface area contributed by atoms with Crippen LogP contribution in [-0.4, -0.2) is 37.2 Å². The van der Waals surface area contributed by atoms with Crippen LogP contribution < -0.4 is 0 Å². The molecule has 79 heavy (non-hydrogen) atoms. The zero-order valence-corrected chi connectivity index (χ0v) is 52.4. The third-order valence-electron chi connectivity index (χ3n) is 14.9. The quantitative estimate of drug-likeness (QED) is 0.0261. The zero-order chi connectivity index (χ0) is 57.1. The molecule has 1 unspecified atom stereocenters. The maximum Gasteiger partial charge on any atom is 0.306 e. The van der Waals surface area contributed by atoms with Crippen molar-refractivity contribution in [1.29, 1.82) is 0 Å². The van der Waals surface area contributed by atoms with E-state index >= 15 is 0 Å². The van der Waals surface area contributed by atoms with Gasteiger partial charge in [0.2, 0.25) is 0 Å². The van der Waals surface area contributed by atoms with Crippen LogP contribution in [0.4, 0.5) is 0 Å². The van der Waals surface area contributed by atoms with Gasteiger partial charge in [-0.15, -0.1) is 0 Å². The third kappa shape index (κ3) is 65.3. The Morgan fingerprint density at radius 3 is 0.810 bits per heavy atom. The summed E-state index contributed by atoms with van der Waals surface area (Å²) in [6.45, 7) is 6.52. The monoisotopic (exact) mass is 1100 g/mol. The lowest BCUT2D eigenvalue weighted by Gasteiger charge is -2.18. The van der Waals surface area contributed by atoms with Gasteiger partial charge >= 0.3 is 17.9 Å². The molecule has 0 bridgehead atoms. The van der Waals surface area contributed by atoms with Crippen molar-refractivity contribution in [1.82, 2.24) is 0 Å². The molecular formula is C73H128O6. The number of ether oxygens (including phenoxy) is 3. The van der Waals surface area contributed by atoms with Gasteiger partial charge in [-0.2, -0.15) is 0 Å². The fourth-order valence-corrected chi connectivity index (χ4v) is 9.80. The first-order valence-corrected chi connectivity index (χ1v) is 34.1. The number of hydrogen-bond donors (Lipinski definition) is 0. The summed E-state index contributed by atoms with van der Waals surface area (Å²) in [5, 5.41) is 0. The van der Waals surface area contributed by atoms with Crippen molar-refractivity contribution >= 4 is 17.9 Å². The molecule has 456 valence electrons. The Morgan fingerprint density at radius 2 is 0.494 bits per heavy atom. The Kier molecular flexibility index (Phi) is 64.2. The fraction of sp³-hybridized carbons (Fsp3) is 0.767. The van der Waals surface area contributed by atoms with Gasteiger partial charge in [0.1, 0.15) is 13.2 Å². The van der Waals surface area contributed by atoms with Gasteiger partial charge in [-0.05, 0) is 96.3 Å². The van der Waals surface area contributed by atoms with E-state index in [-0.39, 0.29) is 37.5 Å². The van der Waals surface area contributed by atoms with Crippen molar-refractivity contribution in [3.63, 3.8) is 0 Å². The molecule has 0 saturated carbocycles. The maximum atomic E-state index is 12.9. The first-order chi connectivity index (χ1) is 39.0. The normalized spacial score (nSPS) is 12.6. The molecule has 0 N–H and O–H groups in total. The molecule has 0 aliphatic carbocycles. The number of hydrogen-bond acceptors (Lipinski definition) is 6. The van der Waals surface area contributed by atoms with Gasteiger partial charge in [-0.3, -0.25) is 14.4 Å². The van der Waals surface area contributed by atoms with Gasteiger partial charge < -0.3 is 14.2 Å². The Morgan fingerprint density at radius 1 is 0.266 bits per heavy atom. The molecule has 0 amide bonds. The Hall–Kier alpha value is -3.41. The summed E-state index contributed by atoms with van der Waals surface area (Å²) in [5.74, 6) is -0.908. The SMILES string of the molecule is CC/C=C\C/C=C\C/C=C\C/C=C\C/C=C\CCCCCC(=O)OC(COC(=O)CCCCCCCCCCC/C=C\C/C=C\CCCCC)COC(=O)CCCCCCCCCCCCCCCCCCCCCCCCC. The molecule has 0 radical (unpaired) electrons. The predicted octanol–water partition coefficient (Wildman–Crippen LogP) is 23.4. The molecule has 0 aliphatic rings. The van der Waals surface area contributed by atoms with E-state index in [0.29, 0.717) is 12.8 Å². The highest BCUT2D eigenvalue weighted by molar-refractivity contribution is 5.71. The molecule has 0 heterocycles. The van der Waals surface area contributed by atoms with Gasteiger partial charge in [0, 0.05) is 19.3 Å². The number of unbranched alkanes of at least 4 members (excludes halogenated alkanes) is 37. The summed E-state index contributed by atoms with van der Waals surface area (Å²) in [4.78, 5) is 38.4. The Balaban J connectivity index is 4.39. The Bertz CT molecular complexity index is 1500. The second-order valence-electron chi connectivity index (χ2n) is 22.7. The first-order valence-electron chi connectivity index (χ1n) is 34.1. The minimum absolute atomic E-state index is 0.0885. The molecule has 0 aromatic heterocycles. The lowest BCUT2D eigenvalue weighted by atomic mass is 10.0. The van der Waals surface area contributed by atoms with Crippen molar-refractivity contribution in [2.75, 3.05) is 13.2 Å². The number of carbonyl (C=O) groups is 3. The minimum Gasteiger partial charge on any atom is -0.462 e. The van der Waals surface area contributed by atoms with Gasteiger partial charge in [0.25, 0.3) is 0 Å². The van der Waals surface area contributed by atoms with Crippen molar-refractivity contribution in [2.24, 2.45) is 0 Å². The highest BCUT2D eigenvalue weighted by Crippen LogP contribution is 2.17. The van der Waals surface area contributed by atoms with E-state index in [1.54, 1.807) is 0 Å². The van der Waals surface area contributed by atoms with Crippen molar-refractivity contribution < 1.29 is 28.6 Å². The lowest BCUT2D eigenvalue weighted by Crippen LogP contribution is -2.30. The van der Waals surface area contributed by atoms with E-state index in [9.17, 15) is 14.4 Å². The van der Waals surface area contributed by atoms with Crippen LogP contribution >= 0.6 is 0 Å². The van der Waals surface area contributed by atoms with E-state index in [4.69, 9.17) is 14.2 Å². The van der Waals surface area contributed by atoms with Gasteiger partial charge in [0.15, 0.2) is 6.10 Å². The van der Waals surface area contributed by atoms with Crippen LogP contribution in [0.1, 0.15) is 342 Å². The first kappa shape index (κ1) is 75.6. The number of esters is 3. The second kappa shape index (κ2) is 67.1. The predicted molar refractivity (Wildman–Crippen MR) is 344 cm³/mol. The van der Waals surface area contributed by atoms with E-state index < -0.39 is 6.10 Å². The van der Waals surface area contributed by atoms with Crippen molar-refractivity contribution in [3.8, 4) is 0 Å². The summed E-state index contributed by atoms with van der Waals surface area (Å²) >= 11 is 0. The molecular weight excluding hydrogens is 973 g/mol. The average molecular weight is 1100 g/mol. The summed E-state index contributed by atoms with van der Waals surface area (Å²) in [6.07, 6.45) is 88.8. The summed E-state index contributed by atoms with van der Waals surface area (Å²) < 4.78 is 17.0. The van der Waals surface area contributed by atoms with Crippen LogP contribution in [0.2, 0.25) is 0 Å². The fourth-order valence-electron chi connectivity index (χ4n) is 9.80. The molecule has 1 atom stereocenters. The van der Waals surface area contributed by atoms with Gasteiger partial charge in [0.05, 0.1) is 0 Å². The van der Waals surface area contributed by atoms with Crippen LogP contribution in [0.25, 0.3) is 0 Å². The Labute approximate surface area is 490 Å². The minimum atomic E-state index is -0.797. The molecule has 0 aromatic rings. The largest absolute Gasteiger partial charge is 0.462 e. The van der Waals surface area contributed by atoms with Gasteiger partial charge in [-0.1, -0.05) is 311 Å². The molecule has 0 rings (SSSR count).